The highest BCUT2D eigenvalue weighted by Crippen LogP contribution is 2.25. The minimum atomic E-state index is 0.000139. The van der Waals surface area contributed by atoms with Crippen LogP contribution in [0.15, 0.2) is 4.52 Å². The fraction of sp³-hybridized carbons (Fsp3) is 0.800. The van der Waals surface area contributed by atoms with Crippen molar-refractivity contribution in [2.75, 3.05) is 0 Å². The molecule has 0 aliphatic heterocycles. The Morgan fingerprint density at radius 3 is 2.38 bits per heavy atom. The zero-order valence-corrected chi connectivity index (χ0v) is 9.09. The quantitative estimate of drug-likeness (QED) is 0.721. The van der Waals surface area contributed by atoms with Crippen molar-refractivity contribution in [3.63, 3.8) is 0 Å². The Morgan fingerprint density at radius 2 is 2.00 bits per heavy atom. The highest BCUT2D eigenvalue weighted by molar-refractivity contribution is 5.01. The van der Waals surface area contributed by atoms with Gasteiger partial charge < -0.3 is 4.52 Å². The Hall–Kier alpha value is -0.860. The van der Waals surface area contributed by atoms with Crippen molar-refractivity contribution in [2.45, 2.75) is 52.4 Å². The first-order valence-electron chi connectivity index (χ1n) is 4.81. The summed E-state index contributed by atoms with van der Waals surface area (Å²) in [5.74, 6) is 1.89. The fourth-order valence-electron chi connectivity index (χ4n) is 0.895. The van der Waals surface area contributed by atoms with Crippen LogP contribution in [-0.2, 0) is 5.41 Å². The Labute approximate surface area is 79.5 Å². The van der Waals surface area contributed by atoms with E-state index in [0.29, 0.717) is 5.92 Å². The zero-order valence-electron chi connectivity index (χ0n) is 9.09. The van der Waals surface area contributed by atoms with Gasteiger partial charge in [0.1, 0.15) is 0 Å². The van der Waals surface area contributed by atoms with E-state index >= 15 is 0 Å². The molecular weight excluding hydrogens is 164 g/mol. The molecule has 1 aromatic rings. The van der Waals surface area contributed by atoms with Crippen LogP contribution in [-0.4, -0.2) is 10.1 Å². The van der Waals surface area contributed by atoms with Crippen molar-refractivity contribution in [3.8, 4) is 0 Å². The summed E-state index contributed by atoms with van der Waals surface area (Å²) >= 11 is 0. The maximum absolute atomic E-state index is 5.22. The third-order valence-electron chi connectivity index (χ3n) is 2.42. The molecule has 0 bridgehead atoms. The highest BCUT2D eigenvalue weighted by atomic mass is 16.5. The molecule has 0 atom stereocenters. The van der Waals surface area contributed by atoms with Gasteiger partial charge >= 0.3 is 0 Å². The second-order valence-corrected chi connectivity index (χ2v) is 4.35. The van der Waals surface area contributed by atoms with Gasteiger partial charge in [-0.1, -0.05) is 39.8 Å². The summed E-state index contributed by atoms with van der Waals surface area (Å²) in [6, 6.07) is 0. The standard InChI is InChI=1S/C10H18N2O/c1-6-10(4,5)9-11-8(7(2)3)12-13-9/h7H,6H2,1-5H3. The first-order valence-corrected chi connectivity index (χ1v) is 4.81. The number of aromatic nitrogens is 2. The van der Waals surface area contributed by atoms with Crippen LogP contribution in [0.3, 0.4) is 0 Å². The topological polar surface area (TPSA) is 38.9 Å². The van der Waals surface area contributed by atoms with Crippen molar-refractivity contribution in [1.82, 2.24) is 10.1 Å². The fourth-order valence-corrected chi connectivity index (χ4v) is 0.895. The average molecular weight is 182 g/mol. The third kappa shape index (κ3) is 2.08. The van der Waals surface area contributed by atoms with E-state index in [1.165, 1.54) is 0 Å². The molecule has 0 unspecified atom stereocenters. The second-order valence-electron chi connectivity index (χ2n) is 4.35. The minimum absolute atomic E-state index is 0.000139. The predicted octanol–water partition coefficient (Wildman–Crippen LogP) is 2.88. The first-order chi connectivity index (χ1) is 5.97. The van der Waals surface area contributed by atoms with Gasteiger partial charge in [-0.3, -0.25) is 0 Å². The van der Waals surface area contributed by atoms with Crippen LogP contribution in [0.2, 0.25) is 0 Å². The summed E-state index contributed by atoms with van der Waals surface area (Å²) in [6.45, 7) is 10.5. The van der Waals surface area contributed by atoms with Crippen LogP contribution in [0, 0.1) is 0 Å². The smallest absolute Gasteiger partial charge is 0.232 e. The summed E-state index contributed by atoms with van der Waals surface area (Å²) < 4.78 is 5.22. The molecule has 0 N–H and O–H groups in total. The zero-order chi connectivity index (χ0) is 10.1. The Balaban J connectivity index is 2.91. The highest BCUT2D eigenvalue weighted by Gasteiger charge is 2.25. The summed E-state index contributed by atoms with van der Waals surface area (Å²) in [4.78, 5) is 4.37. The molecule has 0 saturated heterocycles. The molecule has 13 heavy (non-hydrogen) atoms. The summed E-state index contributed by atoms with van der Waals surface area (Å²) in [6.07, 6.45) is 1.01. The van der Waals surface area contributed by atoms with Gasteiger partial charge in [-0.2, -0.15) is 4.98 Å². The number of nitrogens with zero attached hydrogens (tertiary/aromatic N) is 2. The molecule has 0 fully saturated rings. The van der Waals surface area contributed by atoms with E-state index in [9.17, 15) is 0 Å². The molecule has 3 heteroatoms. The predicted molar refractivity (Wildman–Crippen MR) is 51.7 cm³/mol. The number of hydrogen-bond donors (Lipinski definition) is 0. The molecular formula is C10H18N2O. The van der Waals surface area contributed by atoms with Crippen LogP contribution in [0.25, 0.3) is 0 Å². The SMILES string of the molecule is CCC(C)(C)c1nc(C(C)C)no1. The van der Waals surface area contributed by atoms with Crippen LogP contribution in [0.5, 0.6) is 0 Å². The monoisotopic (exact) mass is 182 g/mol. The Morgan fingerprint density at radius 1 is 1.38 bits per heavy atom. The molecule has 0 aliphatic carbocycles. The van der Waals surface area contributed by atoms with Crippen LogP contribution in [0.4, 0.5) is 0 Å². The van der Waals surface area contributed by atoms with Gasteiger partial charge in [0.2, 0.25) is 5.89 Å². The lowest BCUT2D eigenvalue weighted by Crippen LogP contribution is -2.15. The number of rotatable bonds is 3. The van der Waals surface area contributed by atoms with E-state index in [1.807, 2.05) is 0 Å². The number of hydrogen-bond acceptors (Lipinski definition) is 3. The summed E-state index contributed by atoms with van der Waals surface area (Å²) in [5, 5.41) is 3.94. The lowest BCUT2D eigenvalue weighted by Gasteiger charge is -2.15. The molecule has 3 nitrogen and oxygen atoms in total. The Bertz CT molecular complexity index is 276. The Kier molecular flexibility index (Phi) is 2.74. The first kappa shape index (κ1) is 10.2. The average Bonchev–Trinajstić information content (AvgIpc) is 2.52. The molecule has 74 valence electrons. The van der Waals surface area contributed by atoms with E-state index < -0.39 is 0 Å². The molecule has 0 aromatic carbocycles. The molecule has 0 saturated carbocycles. The maximum Gasteiger partial charge on any atom is 0.232 e. The summed E-state index contributed by atoms with van der Waals surface area (Å²) in [5.41, 5.74) is 0.000139. The molecule has 0 amide bonds. The molecule has 1 heterocycles. The van der Waals surface area contributed by atoms with Gasteiger partial charge in [-0.25, -0.2) is 0 Å². The van der Waals surface area contributed by atoms with Crippen molar-refractivity contribution < 1.29 is 4.52 Å². The van der Waals surface area contributed by atoms with Crippen molar-refractivity contribution in [2.24, 2.45) is 0 Å². The molecule has 1 aromatic heterocycles. The van der Waals surface area contributed by atoms with Crippen LogP contribution in [0.1, 0.15) is 58.7 Å². The van der Waals surface area contributed by atoms with Gasteiger partial charge in [-0.05, 0) is 6.42 Å². The lowest BCUT2D eigenvalue weighted by atomic mass is 9.90. The van der Waals surface area contributed by atoms with Gasteiger partial charge in [-0.15, -0.1) is 0 Å². The molecule has 1 rings (SSSR count). The van der Waals surface area contributed by atoms with Gasteiger partial charge in [0.05, 0.1) is 0 Å². The molecule has 0 spiro atoms. The van der Waals surface area contributed by atoms with Crippen LogP contribution >= 0.6 is 0 Å². The van der Waals surface area contributed by atoms with E-state index in [-0.39, 0.29) is 5.41 Å². The minimum Gasteiger partial charge on any atom is -0.339 e. The molecule has 0 aliphatic rings. The van der Waals surface area contributed by atoms with Crippen molar-refractivity contribution in [1.29, 1.82) is 0 Å². The van der Waals surface area contributed by atoms with Gasteiger partial charge in [0.15, 0.2) is 5.82 Å². The second kappa shape index (κ2) is 3.48. The van der Waals surface area contributed by atoms with E-state index in [2.05, 4.69) is 44.8 Å². The lowest BCUT2D eigenvalue weighted by molar-refractivity contribution is 0.299. The van der Waals surface area contributed by atoms with Crippen molar-refractivity contribution in [3.05, 3.63) is 11.7 Å². The van der Waals surface area contributed by atoms with Gasteiger partial charge in [0.25, 0.3) is 0 Å². The van der Waals surface area contributed by atoms with E-state index in [0.717, 1.165) is 18.1 Å². The van der Waals surface area contributed by atoms with Gasteiger partial charge in [0, 0.05) is 11.3 Å². The maximum atomic E-state index is 5.22. The van der Waals surface area contributed by atoms with Crippen molar-refractivity contribution >= 4 is 0 Å². The van der Waals surface area contributed by atoms with Crippen LogP contribution < -0.4 is 0 Å². The normalized spacial score (nSPS) is 12.5. The summed E-state index contributed by atoms with van der Waals surface area (Å²) in [7, 11) is 0. The van der Waals surface area contributed by atoms with E-state index in [1.54, 1.807) is 0 Å². The largest absolute Gasteiger partial charge is 0.339 e. The molecule has 0 radical (unpaired) electrons. The third-order valence-corrected chi connectivity index (χ3v) is 2.42. The van der Waals surface area contributed by atoms with E-state index in [4.69, 9.17) is 4.52 Å².